The van der Waals surface area contributed by atoms with Crippen molar-refractivity contribution in [3.05, 3.63) is 91.8 Å². The molecule has 1 N–H and O–H groups in total. The second-order valence-electron chi connectivity index (χ2n) is 9.14. The van der Waals surface area contributed by atoms with Gasteiger partial charge in [-0.1, -0.05) is 51.8 Å². The molecule has 0 radical (unpaired) electrons. The molecule has 3 aromatic carbocycles. The quantitative estimate of drug-likeness (QED) is 0.263. The number of anilines is 1. The molecule has 0 spiro atoms. The van der Waals surface area contributed by atoms with Gasteiger partial charge in [0.2, 0.25) is 5.91 Å². The van der Waals surface area contributed by atoms with Crippen molar-refractivity contribution in [3.63, 3.8) is 0 Å². The van der Waals surface area contributed by atoms with Crippen molar-refractivity contribution in [1.82, 2.24) is 4.90 Å². The van der Waals surface area contributed by atoms with E-state index in [2.05, 4.69) is 21.2 Å². The van der Waals surface area contributed by atoms with E-state index in [0.717, 1.165) is 33.4 Å². The van der Waals surface area contributed by atoms with Gasteiger partial charge in [0.15, 0.2) is 11.5 Å². The van der Waals surface area contributed by atoms with Crippen LogP contribution in [0.4, 0.5) is 10.5 Å². The number of amides is 3. The van der Waals surface area contributed by atoms with Gasteiger partial charge in [0, 0.05) is 10.2 Å². The van der Waals surface area contributed by atoms with Crippen molar-refractivity contribution in [1.29, 1.82) is 0 Å². The summed E-state index contributed by atoms with van der Waals surface area (Å²) in [5.74, 6) is 0.102. The molecular weight excluding hydrogens is 580 g/mol. The molecule has 0 aromatic heterocycles. The number of carbonyl (C=O) groups is 3. The highest BCUT2D eigenvalue weighted by atomic mass is 79.9. The Morgan fingerprint density at radius 3 is 2.38 bits per heavy atom. The van der Waals surface area contributed by atoms with Gasteiger partial charge in [0.1, 0.15) is 13.2 Å². The molecule has 0 aliphatic carbocycles. The summed E-state index contributed by atoms with van der Waals surface area (Å²) in [6.07, 6.45) is 1.61. The van der Waals surface area contributed by atoms with Crippen LogP contribution in [0.3, 0.4) is 0 Å². The first-order valence-electron chi connectivity index (χ1n) is 12.4. The summed E-state index contributed by atoms with van der Waals surface area (Å²) in [7, 11) is 0. The van der Waals surface area contributed by atoms with E-state index in [-0.39, 0.29) is 11.4 Å². The second-order valence-corrected chi connectivity index (χ2v) is 11.0. The van der Waals surface area contributed by atoms with Crippen molar-refractivity contribution >= 4 is 56.5 Å². The number of imide groups is 1. The summed E-state index contributed by atoms with van der Waals surface area (Å²) in [4.78, 5) is 39.4. The van der Waals surface area contributed by atoms with Crippen LogP contribution < -0.4 is 14.8 Å². The summed E-state index contributed by atoms with van der Waals surface area (Å²) >= 11 is 4.35. The molecule has 1 aliphatic rings. The minimum atomic E-state index is -0.523. The average Bonchev–Trinajstić information content (AvgIpc) is 3.15. The van der Waals surface area contributed by atoms with E-state index in [9.17, 15) is 14.4 Å². The number of aryl methyl sites for hydroxylation is 3. The Kier molecular flexibility index (Phi) is 9.14. The van der Waals surface area contributed by atoms with E-state index < -0.39 is 17.1 Å². The van der Waals surface area contributed by atoms with E-state index in [0.29, 0.717) is 40.4 Å². The third-order valence-corrected chi connectivity index (χ3v) is 7.72. The lowest BCUT2D eigenvalue weighted by Gasteiger charge is -2.14. The Morgan fingerprint density at radius 2 is 1.69 bits per heavy atom. The molecule has 0 saturated carbocycles. The highest BCUT2D eigenvalue weighted by Crippen LogP contribution is 2.38. The molecule has 202 valence electrons. The van der Waals surface area contributed by atoms with E-state index in [1.807, 2.05) is 64.1 Å². The van der Waals surface area contributed by atoms with E-state index in [4.69, 9.17) is 9.47 Å². The van der Waals surface area contributed by atoms with Gasteiger partial charge in [-0.25, -0.2) is 0 Å². The Bertz CT molecular complexity index is 1450. The summed E-state index contributed by atoms with van der Waals surface area (Å²) in [6, 6.07) is 17.2. The van der Waals surface area contributed by atoms with Gasteiger partial charge >= 0.3 is 0 Å². The van der Waals surface area contributed by atoms with Gasteiger partial charge in [-0.15, -0.1) is 0 Å². The number of nitrogens with one attached hydrogen (secondary N) is 1. The zero-order valence-electron chi connectivity index (χ0n) is 22.2. The number of thioether (sulfide) groups is 1. The first kappa shape index (κ1) is 28.4. The number of carbonyl (C=O) groups excluding carboxylic acids is 3. The van der Waals surface area contributed by atoms with Crippen LogP contribution >= 0.6 is 27.7 Å². The summed E-state index contributed by atoms with van der Waals surface area (Å²) in [6.45, 7) is 8.26. The third kappa shape index (κ3) is 7.10. The van der Waals surface area contributed by atoms with Crippen LogP contribution in [0, 0.1) is 20.8 Å². The molecule has 0 unspecified atom stereocenters. The van der Waals surface area contributed by atoms with Crippen LogP contribution in [-0.2, 0) is 16.2 Å². The lowest BCUT2D eigenvalue weighted by molar-refractivity contribution is -0.127. The fourth-order valence-corrected chi connectivity index (χ4v) is 5.09. The Balaban J connectivity index is 1.48. The first-order chi connectivity index (χ1) is 18.6. The van der Waals surface area contributed by atoms with E-state index in [1.54, 1.807) is 24.3 Å². The number of benzene rings is 3. The molecule has 1 heterocycles. The lowest BCUT2D eigenvalue weighted by atomic mass is 10.1. The predicted octanol–water partition coefficient (Wildman–Crippen LogP) is 7.03. The zero-order valence-corrected chi connectivity index (χ0v) is 24.6. The molecular formula is C30H29BrN2O5S. The number of hydrogen-bond acceptors (Lipinski definition) is 6. The predicted molar refractivity (Wildman–Crippen MR) is 158 cm³/mol. The molecule has 39 heavy (non-hydrogen) atoms. The lowest BCUT2D eigenvalue weighted by Crippen LogP contribution is -2.36. The SMILES string of the molecule is CCOc1cc(/C=C2/SC(=O)N(CC(=O)Nc3ccc(C)c(C)c3)C2=O)c(Br)cc1OCc1ccc(C)cc1. The smallest absolute Gasteiger partial charge is 0.294 e. The number of nitrogens with zero attached hydrogens (tertiary/aromatic N) is 1. The second kappa shape index (κ2) is 12.5. The monoisotopic (exact) mass is 608 g/mol. The van der Waals surface area contributed by atoms with Crippen LogP contribution in [0.15, 0.2) is 64.0 Å². The van der Waals surface area contributed by atoms with Crippen LogP contribution in [0.5, 0.6) is 11.5 Å². The number of hydrogen-bond donors (Lipinski definition) is 1. The van der Waals surface area contributed by atoms with Gasteiger partial charge in [0.25, 0.3) is 11.1 Å². The minimum absolute atomic E-state index is 0.218. The van der Waals surface area contributed by atoms with Gasteiger partial charge in [-0.3, -0.25) is 19.3 Å². The van der Waals surface area contributed by atoms with Crippen molar-refractivity contribution in [2.75, 3.05) is 18.5 Å². The fourth-order valence-electron chi connectivity index (χ4n) is 3.83. The number of rotatable bonds is 9. The Labute approximate surface area is 240 Å². The molecule has 3 aromatic rings. The van der Waals surface area contributed by atoms with Gasteiger partial charge in [-0.05, 0) is 92.1 Å². The summed E-state index contributed by atoms with van der Waals surface area (Å²) in [5.41, 5.74) is 5.60. The molecule has 4 rings (SSSR count). The molecule has 9 heteroatoms. The summed E-state index contributed by atoms with van der Waals surface area (Å²) < 4.78 is 12.5. The summed E-state index contributed by atoms with van der Waals surface area (Å²) in [5, 5.41) is 2.25. The number of ether oxygens (including phenoxy) is 2. The van der Waals surface area contributed by atoms with E-state index in [1.165, 1.54) is 5.56 Å². The molecule has 1 saturated heterocycles. The fraction of sp³-hybridized carbons (Fsp3) is 0.233. The van der Waals surface area contributed by atoms with Crippen LogP contribution in [0.2, 0.25) is 0 Å². The third-order valence-electron chi connectivity index (χ3n) is 6.13. The topological polar surface area (TPSA) is 84.9 Å². The number of halogens is 1. The maximum Gasteiger partial charge on any atom is 0.294 e. The normalized spacial score (nSPS) is 14.2. The van der Waals surface area contributed by atoms with Crippen LogP contribution in [0.25, 0.3) is 6.08 Å². The standard InChI is InChI=1S/C30H29BrN2O5S/c1-5-37-25-13-22(24(31)15-26(25)38-17-21-9-6-18(2)7-10-21)14-27-29(35)33(30(36)39-27)16-28(34)32-23-11-8-19(3)20(4)12-23/h6-15H,5,16-17H2,1-4H3,(H,32,34)/b27-14+. The van der Waals surface area contributed by atoms with Crippen LogP contribution in [0.1, 0.15) is 34.7 Å². The van der Waals surface area contributed by atoms with Gasteiger partial charge in [0.05, 0.1) is 11.5 Å². The van der Waals surface area contributed by atoms with Crippen LogP contribution in [-0.4, -0.2) is 35.1 Å². The molecule has 1 aliphatic heterocycles. The van der Waals surface area contributed by atoms with E-state index >= 15 is 0 Å². The molecule has 1 fully saturated rings. The first-order valence-corrected chi connectivity index (χ1v) is 14.0. The molecule has 7 nitrogen and oxygen atoms in total. The Hall–Kier alpha value is -3.56. The van der Waals surface area contributed by atoms with Gasteiger partial charge in [-0.2, -0.15) is 0 Å². The highest BCUT2D eigenvalue weighted by Gasteiger charge is 2.36. The molecule has 3 amide bonds. The highest BCUT2D eigenvalue weighted by molar-refractivity contribution is 9.10. The largest absolute Gasteiger partial charge is 0.490 e. The zero-order chi connectivity index (χ0) is 28.1. The maximum absolute atomic E-state index is 13.0. The van der Waals surface area contributed by atoms with Crippen molar-refractivity contribution < 1.29 is 23.9 Å². The van der Waals surface area contributed by atoms with Gasteiger partial charge < -0.3 is 14.8 Å². The molecule has 0 atom stereocenters. The average molecular weight is 610 g/mol. The maximum atomic E-state index is 13.0. The molecule has 0 bridgehead atoms. The van der Waals surface area contributed by atoms with Crippen molar-refractivity contribution in [3.8, 4) is 11.5 Å². The van der Waals surface area contributed by atoms with Crippen molar-refractivity contribution in [2.45, 2.75) is 34.3 Å². The minimum Gasteiger partial charge on any atom is -0.490 e. The Morgan fingerprint density at radius 1 is 0.974 bits per heavy atom. The van der Waals surface area contributed by atoms with Crippen molar-refractivity contribution in [2.24, 2.45) is 0 Å².